The first-order chi connectivity index (χ1) is 20.4. The van der Waals surface area contributed by atoms with Crippen LogP contribution in [0.5, 0.6) is 0 Å². The molecule has 0 spiro atoms. The summed E-state index contributed by atoms with van der Waals surface area (Å²) in [5, 5.41) is -9.27. The number of halogens is 4. The van der Waals surface area contributed by atoms with Crippen molar-refractivity contribution < 1.29 is 67.3 Å². The van der Waals surface area contributed by atoms with Crippen molar-refractivity contribution in [3.05, 3.63) is 0 Å². The minimum atomic E-state index is -5.76. The summed E-state index contributed by atoms with van der Waals surface area (Å²) in [6, 6.07) is 0. The van der Waals surface area contributed by atoms with Crippen LogP contribution in [0.4, 0.5) is 17.6 Å². The Hall–Kier alpha value is -1.56. The van der Waals surface area contributed by atoms with Crippen molar-refractivity contribution >= 4 is 32.2 Å². The third-order valence-electron chi connectivity index (χ3n) is 10.8. The molecule has 4 fully saturated rings. The minimum absolute atomic E-state index is 0.00621. The largest absolute Gasteiger partial charge is 0.458 e. The number of ether oxygens (including phenoxy) is 3. The average Bonchev–Trinajstić information content (AvgIpc) is 2.87. The molecule has 4 saturated carbocycles. The summed E-state index contributed by atoms with van der Waals surface area (Å²) in [6.45, 7) is 2.74. The molecular formula is C28H42F4O11S2. The maximum absolute atomic E-state index is 13.7. The van der Waals surface area contributed by atoms with Crippen molar-refractivity contribution in [2.24, 2.45) is 46.3 Å². The summed E-state index contributed by atoms with van der Waals surface area (Å²) in [4.78, 5) is 25.7. The summed E-state index contributed by atoms with van der Waals surface area (Å²) < 4.78 is 132. The third-order valence-corrected chi connectivity index (χ3v) is 12.5. The Labute approximate surface area is 260 Å². The molecule has 4 aliphatic carbocycles. The minimum Gasteiger partial charge on any atom is -0.458 e. The van der Waals surface area contributed by atoms with Gasteiger partial charge in [0.25, 0.3) is 0 Å². The maximum atomic E-state index is 13.7. The highest BCUT2D eigenvalue weighted by atomic mass is 32.2. The molecule has 4 aliphatic rings. The fourth-order valence-electron chi connectivity index (χ4n) is 10.0. The van der Waals surface area contributed by atoms with Gasteiger partial charge in [-0.1, -0.05) is 20.8 Å². The lowest BCUT2D eigenvalue weighted by atomic mass is 9.41. The van der Waals surface area contributed by atoms with Gasteiger partial charge in [0.05, 0.1) is 17.4 Å². The summed E-state index contributed by atoms with van der Waals surface area (Å²) >= 11 is 0. The van der Waals surface area contributed by atoms with E-state index in [9.17, 15) is 44.0 Å². The monoisotopic (exact) mass is 694 g/mol. The number of esters is 2. The average molecular weight is 695 g/mol. The molecule has 0 amide bonds. The molecule has 2 N–H and O–H groups in total. The zero-order chi connectivity index (χ0) is 34.0. The Kier molecular flexibility index (Phi) is 9.55. The highest BCUT2D eigenvalue weighted by Gasteiger charge is 2.62. The molecule has 4 bridgehead atoms. The molecule has 9 atom stereocenters. The Bertz CT molecular complexity index is 1390. The zero-order valence-corrected chi connectivity index (χ0v) is 27.3. The Morgan fingerprint density at radius 1 is 0.778 bits per heavy atom. The van der Waals surface area contributed by atoms with Gasteiger partial charge in [-0.15, -0.1) is 0 Å². The van der Waals surface area contributed by atoms with Gasteiger partial charge in [0.2, 0.25) is 0 Å². The maximum Gasteiger partial charge on any atom is 0.402 e. The fraction of sp³-hybridized carbons (Fsp3) is 0.929. The van der Waals surface area contributed by atoms with Gasteiger partial charge < -0.3 is 14.2 Å². The SMILES string of the molecule is COC12CC(CC(C(=O)OCC(F)(F)S(=O)(=O)O)C1)CC(C)(C1C3CC(C)CC1(C)CC(C(=O)OCC(F)(F)S(=O)(=O)O)C3)C2. The number of fused-ring (bicyclic) bond motifs is 4. The van der Waals surface area contributed by atoms with Crippen molar-refractivity contribution in [2.75, 3.05) is 20.3 Å². The standard InChI is InChI=1S/C28H42F4O11S2/c1-16-5-18-7-20(23(34)43-15-28(31,32)45(38,39)40)11-24(2,8-16)21(18)25(3)9-17-6-19(12-26(10-17,13-25)41-4)22(33)42-14-27(29,30)44(35,36)37/h16-21H,5-15H2,1-4H3,(H,35,36,37)(H,38,39,40). The predicted octanol–water partition coefficient (Wildman–Crippen LogP) is 4.71. The van der Waals surface area contributed by atoms with Crippen molar-refractivity contribution in [2.45, 2.75) is 94.7 Å². The van der Waals surface area contributed by atoms with Crippen LogP contribution in [0.3, 0.4) is 0 Å². The molecule has 0 aromatic rings. The van der Waals surface area contributed by atoms with Crippen LogP contribution in [0.15, 0.2) is 0 Å². The first kappa shape index (κ1) is 36.3. The van der Waals surface area contributed by atoms with Gasteiger partial charge in [0.15, 0.2) is 13.2 Å². The van der Waals surface area contributed by atoms with E-state index in [1.54, 1.807) is 0 Å². The molecule has 0 radical (unpaired) electrons. The van der Waals surface area contributed by atoms with Gasteiger partial charge in [-0.05, 0) is 92.3 Å². The van der Waals surface area contributed by atoms with Gasteiger partial charge in [-0.25, -0.2) is 0 Å². The number of hydrogen-bond donors (Lipinski definition) is 2. The van der Waals surface area contributed by atoms with Crippen LogP contribution in [0.2, 0.25) is 0 Å². The molecular weight excluding hydrogens is 652 g/mol. The summed E-state index contributed by atoms with van der Waals surface area (Å²) in [7, 11) is -10.0. The molecule has 17 heteroatoms. The molecule has 260 valence electrons. The van der Waals surface area contributed by atoms with Crippen LogP contribution in [-0.4, -0.2) is 74.3 Å². The first-order valence-corrected chi connectivity index (χ1v) is 17.8. The van der Waals surface area contributed by atoms with E-state index in [2.05, 4.69) is 25.5 Å². The molecule has 11 nitrogen and oxygen atoms in total. The molecule has 0 heterocycles. The fourth-order valence-corrected chi connectivity index (χ4v) is 10.4. The Morgan fingerprint density at radius 2 is 1.29 bits per heavy atom. The van der Waals surface area contributed by atoms with Crippen LogP contribution in [-0.2, 0) is 44.0 Å². The second-order valence-electron chi connectivity index (χ2n) is 14.6. The van der Waals surface area contributed by atoms with Gasteiger partial charge >= 0.3 is 42.7 Å². The van der Waals surface area contributed by atoms with Gasteiger partial charge in [-0.2, -0.15) is 34.4 Å². The normalized spacial score (nSPS) is 39.2. The lowest BCUT2D eigenvalue weighted by Gasteiger charge is -2.64. The molecule has 45 heavy (non-hydrogen) atoms. The van der Waals surface area contributed by atoms with Gasteiger partial charge in [0.1, 0.15) is 0 Å². The highest BCUT2D eigenvalue weighted by Crippen LogP contribution is 2.67. The second-order valence-corrected chi connectivity index (χ2v) is 17.7. The molecule has 9 unspecified atom stereocenters. The van der Waals surface area contributed by atoms with Crippen molar-refractivity contribution in [1.29, 1.82) is 0 Å². The quantitative estimate of drug-likeness (QED) is 0.184. The Balaban J connectivity index is 1.51. The molecule has 4 rings (SSSR count). The molecule has 0 aromatic carbocycles. The summed E-state index contributed by atoms with van der Waals surface area (Å²) in [5.41, 5.74) is -1.58. The van der Waals surface area contributed by atoms with Crippen LogP contribution in [0, 0.1) is 46.3 Å². The molecule has 0 saturated heterocycles. The van der Waals surface area contributed by atoms with E-state index in [1.165, 1.54) is 7.11 Å². The van der Waals surface area contributed by atoms with Crippen LogP contribution >= 0.6 is 0 Å². The summed E-state index contributed by atoms with van der Waals surface area (Å²) in [5.74, 6) is -3.20. The smallest absolute Gasteiger partial charge is 0.402 e. The van der Waals surface area contributed by atoms with Crippen molar-refractivity contribution in [3.8, 4) is 0 Å². The lowest BCUT2D eigenvalue weighted by molar-refractivity contribution is -0.200. The Morgan fingerprint density at radius 3 is 1.76 bits per heavy atom. The number of methoxy groups -OCH3 is 1. The number of carbonyl (C=O) groups excluding carboxylic acids is 2. The van der Waals surface area contributed by atoms with Crippen LogP contribution in [0.25, 0.3) is 0 Å². The lowest BCUT2D eigenvalue weighted by Crippen LogP contribution is -2.59. The van der Waals surface area contributed by atoms with Gasteiger partial charge in [-0.3, -0.25) is 18.7 Å². The highest BCUT2D eigenvalue weighted by molar-refractivity contribution is 7.87. The zero-order valence-electron chi connectivity index (χ0n) is 25.6. The molecule has 0 aliphatic heterocycles. The van der Waals surface area contributed by atoms with E-state index < -0.39 is 78.7 Å². The number of hydrogen-bond acceptors (Lipinski definition) is 9. The number of carbonyl (C=O) groups is 2. The summed E-state index contributed by atoms with van der Waals surface area (Å²) in [6.07, 6.45) is 4.43. The van der Waals surface area contributed by atoms with E-state index in [0.29, 0.717) is 44.4 Å². The molecule has 0 aromatic heterocycles. The topological polar surface area (TPSA) is 171 Å². The number of rotatable bonds is 10. The number of alkyl halides is 4. The first-order valence-electron chi connectivity index (χ1n) is 14.9. The second kappa shape index (κ2) is 11.8. The van der Waals surface area contributed by atoms with Crippen LogP contribution < -0.4 is 0 Å². The van der Waals surface area contributed by atoms with E-state index in [-0.39, 0.29) is 29.6 Å². The van der Waals surface area contributed by atoms with E-state index in [4.69, 9.17) is 18.6 Å². The van der Waals surface area contributed by atoms with Crippen molar-refractivity contribution in [1.82, 2.24) is 0 Å². The predicted molar refractivity (Wildman–Crippen MR) is 149 cm³/mol. The van der Waals surface area contributed by atoms with E-state index in [0.717, 1.165) is 12.8 Å². The van der Waals surface area contributed by atoms with Crippen LogP contribution in [0.1, 0.15) is 78.6 Å². The van der Waals surface area contributed by atoms with E-state index in [1.807, 2.05) is 0 Å². The third kappa shape index (κ3) is 7.16. The van der Waals surface area contributed by atoms with Gasteiger partial charge in [0, 0.05) is 7.11 Å². The van der Waals surface area contributed by atoms with Crippen molar-refractivity contribution in [3.63, 3.8) is 0 Å². The van der Waals surface area contributed by atoms with E-state index >= 15 is 0 Å².